The number of rotatable bonds is 5. The summed E-state index contributed by atoms with van der Waals surface area (Å²) in [5.41, 5.74) is 0. The van der Waals surface area contributed by atoms with Crippen LogP contribution in [-0.2, 0) is 4.79 Å². The van der Waals surface area contributed by atoms with Crippen molar-refractivity contribution < 1.29 is 4.79 Å². The SMILES string of the molecule is CCCCC(CC)C(=O)N1CCC(Br)CC1. The quantitative estimate of drug-likeness (QED) is 0.709. The molecule has 1 saturated heterocycles. The highest BCUT2D eigenvalue weighted by atomic mass is 79.9. The fraction of sp³-hybridized carbons (Fsp3) is 0.923. The Balaban J connectivity index is 2.41. The molecule has 1 atom stereocenters. The Morgan fingerprint density at radius 2 is 2.00 bits per heavy atom. The Morgan fingerprint density at radius 3 is 2.50 bits per heavy atom. The van der Waals surface area contributed by atoms with E-state index in [-0.39, 0.29) is 5.92 Å². The predicted molar refractivity (Wildman–Crippen MR) is 71.8 cm³/mol. The molecule has 0 spiro atoms. The summed E-state index contributed by atoms with van der Waals surface area (Å²) >= 11 is 3.62. The highest BCUT2D eigenvalue weighted by molar-refractivity contribution is 9.09. The molecule has 1 aliphatic heterocycles. The van der Waals surface area contributed by atoms with E-state index in [4.69, 9.17) is 0 Å². The van der Waals surface area contributed by atoms with Crippen LogP contribution in [0.4, 0.5) is 0 Å². The van der Waals surface area contributed by atoms with Gasteiger partial charge in [-0.15, -0.1) is 0 Å². The van der Waals surface area contributed by atoms with Gasteiger partial charge in [0.15, 0.2) is 0 Å². The number of carbonyl (C=O) groups excluding carboxylic acids is 1. The van der Waals surface area contributed by atoms with Gasteiger partial charge in [0.25, 0.3) is 0 Å². The molecule has 1 rings (SSSR count). The second-order valence-electron chi connectivity index (χ2n) is 4.75. The molecule has 1 heterocycles. The van der Waals surface area contributed by atoms with Crippen LogP contribution >= 0.6 is 15.9 Å². The van der Waals surface area contributed by atoms with Gasteiger partial charge in [-0.1, -0.05) is 42.6 Å². The predicted octanol–water partition coefficient (Wildman–Crippen LogP) is 3.59. The van der Waals surface area contributed by atoms with Crippen LogP contribution in [0, 0.1) is 5.92 Å². The van der Waals surface area contributed by atoms with Gasteiger partial charge in [-0.05, 0) is 25.7 Å². The first-order valence-electron chi connectivity index (χ1n) is 6.61. The summed E-state index contributed by atoms with van der Waals surface area (Å²) in [7, 11) is 0. The maximum Gasteiger partial charge on any atom is 0.225 e. The summed E-state index contributed by atoms with van der Waals surface area (Å²) in [6.07, 6.45) is 6.64. The number of carbonyl (C=O) groups is 1. The van der Waals surface area contributed by atoms with Crippen molar-refractivity contribution >= 4 is 21.8 Å². The van der Waals surface area contributed by atoms with Crippen molar-refractivity contribution in [2.45, 2.75) is 57.2 Å². The monoisotopic (exact) mass is 289 g/mol. The molecule has 0 radical (unpaired) electrons. The first-order valence-corrected chi connectivity index (χ1v) is 7.53. The van der Waals surface area contributed by atoms with Crippen LogP contribution in [0.3, 0.4) is 0 Å². The van der Waals surface area contributed by atoms with Crippen molar-refractivity contribution in [3.63, 3.8) is 0 Å². The number of piperidine rings is 1. The third-order valence-electron chi connectivity index (χ3n) is 3.48. The Morgan fingerprint density at radius 1 is 1.38 bits per heavy atom. The number of nitrogens with zero attached hydrogens (tertiary/aromatic N) is 1. The van der Waals surface area contributed by atoms with Gasteiger partial charge in [-0.2, -0.15) is 0 Å². The van der Waals surface area contributed by atoms with Crippen molar-refractivity contribution in [1.29, 1.82) is 0 Å². The fourth-order valence-electron chi connectivity index (χ4n) is 2.28. The Kier molecular flexibility index (Phi) is 6.40. The lowest BCUT2D eigenvalue weighted by molar-refractivity contribution is -0.136. The first-order chi connectivity index (χ1) is 7.69. The zero-order valence-corrected chi connectivity index (χ0v) is 12.1. The van der Waals surface area contributed by atoms with Crippen molar-refractivity contribution in [1.82, 2.24) is 4.90 Å². The molecule has 1 unspecified atom stereocenters. The average molecular weight is 290 g/mol. The highest BCUT2D eigenvalue weighted by Crippen LogP contribution is 2.22. The van der Waals surface area contributed by atoms with Crippen molar-refractivity contribution in [3.8, 4) is 0 Å². The van der Waals surface area contributed by atoms with Crippen LogP contribution in [0.1, 0.15) is 52.4 Å². The molecule has 1 aliphatic rings. The molecule has 0 aromatic heterocycles. The normalized spacial score (nSPS) is 19.8. The number of hydrogen-bond acceptors (Lipinski definition) is 1. The van der Waals surface area contributed by atoms with Crippen LogP contribution in [0.15, 0.2) is 0 Å². The number of halogens is 1. The molecule has 3 heteroatoms. The smallest absolute Gasteiger partial charge is 0.225 e. The summed E-state index contributed by atoms with van der Waals surface area (Å²) in [6.45, 7) is 6.21. The minimum Gasteiger partial charge on any atom is -0.342 e. The van der Waals surface area contributed by atoms with E-state index in [0.29, 0.717) is 10.7 Å². The van der Waals surface area contributed by atoms with Gasteiger partial charge in [0.05, 0.1) is 0 Å². The van der Waals surface area contributed by atoms with Gasteiger partial charge in [0.1, 0.15) is 0 Å². The maximum absolute atomic E-state index is 12.3. The molecule has 94 valence electrons. The van der Waals surface area contributed by atoms with Crippen molar-refractivity contribution in [2.24, 2.45) is 5.92 Å². The van der Waals surface area contributed by atoms with Crippen LogP contribution in [-0.4, -0.2) is 28.7 Å². The van der Waals surface area contributed by atoms with Crippen LogP contribution < -0.4 is 0 Å². The average Bonchev–Trinajstić information content (AvgIpc) is 2.30. The summed E-state index contributed by atoms with van der Waals surface area (Å²) < 4.78 is 0. The van der Waals surface area contributed by atoms with E-state index in [2.05, 4.69) is 34.7 Å². The van der Waals surface area contributed by atoms with E-state index in [1.807, 2.05) is 0 Å². The zero-order chi connectivity index (χ0) is 12.0. The lowest BCUT2D eigenvalue weighted by Crippen LogP contribution is -2.41. The molecular formula is C13H24BrNO. The third-order valence-corrected chi connectivity index (χ3v) is 4.40. The van der Waals surface area contributed by atoms with Crippen LogP contribution in [0.25, 0.3) is 0 Å². The molecule has 16 heavy (non-hydrogen) atoms. The highest BCUT2D eigenvalue weighted by Gasteiger charge is 2.25. The number of likely N-dealkylation sites (tertiary alicyclic amines) is 1. The number of hydrogen-bond donors (Lipinski definition) is 0. The first kappa shape index (κ1) is 14.0. The van der Waals surface area contributed by atoms with E-state index < -0.39 is 0 Å². The summed E-state index contributed by atoms with van der Waals surface area (Å²) in [4.78, 5) is 14.9. The van der Waals surface area contributed by atoms with Gasteiger partial charge >= 0.3 is 0 Å². The molecule has 0 aromatic rings. The van der Waals surface area contributed by atoms with Crippen LogP contribution in [0.2, 0.25) is 0 Å². The molecule has 0 aromatic carbocycles. The topological polar surface area (TPSA) is 20.3 Å². The maximum atomic E-state index is 12.3. The summed E-state index contributed by atoms with van der Waals surface area (Å²) in [5, 5.41) is 0. The number of amides is 1. The standard InChI is InChI=1S/C13H24BrNO/c1-3-5-6-11(4-2)13(16)15-9-7-12(14)8-10-15/h11-12H,3-10H2,1-2H3. The lowest BCUT2D eigenvalue weighted by atomic mass is 9.96. The molecule has 2 nitrogen and oxygen atoms in total. The van der Waals surface area contributed by atoms with Gasteiger partial charge in [0.2, 0.25) is 5.91 Å². The Hall–Kier alpha value is -0.0500. The second-order valence-corrected chi connectivity index (χ2v) is 6.04. The number of unbranched alkanes of at least 4 members (excludes halogenated alkanes) is 1. The molecule has 1 fully saturated rings. The van der Waals surface area contributed by atoms with E-state index in [1.165, 1.54) is 12.8 Å². The second kappa shape index (κ2) is 7.31. The van der Waals surface area contributed by atoms with Crippen LogP contribution in [0.5, 0.6) is 0 Å². The van der Waals surface area contributed by atoms with Gasteiger partial charge in [0, 0.05) is 23.8 Å². The Bertz CT molecular complexity index is 205. The van der Waals surface area contributed by atoms with E-state index in [0.717, 1.165) is 38.8 Å². The van der Waals surface area contributed by atoms with E-state index in [9.17, 15) is 4.79 Å². The number of alkyl halides is 1. The lowest BCUT2D eigenvalue weighted by Gasteiger charge is -2.32. The third kappa shape index (κ3) is 4.08. The van der Waals surface area contributed by atoms with Crippen molar-refractivity contribution in [2.75, 3.05) is 13.1 Å². The fourth-order valence-corrected chi connectivity index (χ4v) is 2.69. The molecule has 0 aliphatic carbocycles. The zero-order valence-electron chi connectivity index (χ0n) is 10.5. The summed E-state index contributed by atoms with van der Waals surface area (Å²) in [5.74, 6) is 0.669. The van der Waals surface area contributed by atoms with Gasteiger partial charge in [-0.3, -0.25) is 4.79 Å². The molecule has 0 bridgehead atoms. The van der Waals surface area contributed by atoms with Gasteiger partial charge < -0.3 is 4.90 Å². The van der Waals surface area contributed by atoms with E-state index >= 15 is 0 Å². The molecular weight excluding hydrogens is 266 g/mol. The molecule has 0 saturated carbocycles. The van der Waals surface area contributed by atoms with E-state index in [1.54, 1.807) is 0 Å². The minimum absolute atomic E-state index is 0.270. The van der Waals surface area contributed by atoms with Crippen molar-refractivity contribution in [3.05, 3.63) is 0 Å². The van der Waals surface area contributed by atoms with Gasteiger partial charge in [-0.25, -0.2) is 0 Å². The summed E-state index contributed by atoms with van der Waals surface area (Å²) in [6, 6.07) is 0. The molecule has 0 N–H and O–H groups in total. The molecule has 1 amide bonds. The Labute approximate surface area is 108 Å². The minimum atomic E-state index is 0.270. The largest absolute Gasteiger partial charge is 0.342 e.